The topological polar surface area (TPSA) is 56.1 Å². The maximum absolute atomic E-state index is 12.3. The van der Waals surface area contributed by atoms with Crippen LogP contribution in [0.2, 0.25) is 0 Å². The minimum absolute atomic E-state index is 0.116. The van der Waals surface area contributed by atoms with Crippen molar-refractivity contribution < 1.29 is 9.53 Å². The molecule has 0 saturated carbocycles. The third-order valence-corrected chi connectivity index (χ3v) is 3.50. The van der Waals surface area contributed by atoms with E-state index in [1.54, 1.807) is 25.7 Å². The molecule has 0 unspecified atom stereocenters. The standard InChI is InChI=1S/C18H17N3O2/c1-23-17-7-2-4-14(10-17)12-20-18(22)15-5-3-6-16(11-15)21-9-8-19-13-21/h2-11,13H,12H2,1H3,(H,20,22). The number of methoxy groups -OCH3 is 1. The van der Waals surface area contributed by atoms with E-state index in [1.807, 2.05) is 53.2 Å². The molecule has 0 radical (unpaired) electrons. The zero-order valence-electron chi connectivity index (χ0n) is 12.8. The largest absolute Gasteiger partial charge is 0.497 e. The normalized spacial score (nSPS) is 10.3. The predicted molar refractivity (Wildman–Crippen MR) is 87.7 cm³/mol. The average Bonchev–Trinajstić information content (AvgIpc) is 3.14. The molecular formula is C18H17N3O2. The van der Waals surface area contributed by atoms with Crippen LogP contribution in [-0.2, 0) is 6.54 Å². The number of hydrogen-bond donors (Lipinski definition) is 1. The summed E-state index contributed by atoms with van der Waals surface area (Å²) in [6.07, 6.45) is 5.25. The first-order valence-electron chi connectivity index (χ1n) is 7.26. The summed E-state index contributed by atoms with van der Waals surface area (Å²) in [5, 5.41) is 2.92. The van der Waals surface area contributed by atoms with Gasteiger partial charge >= 0.3 is 0 Å². The summed E-state index contributed by atoms with van der Waals surface area (Å²) in [7, 11) is 1.62. The van der Waals surface area contributed by atoms with Gasteiger partial charge < -0.3 is 14.6 Å². The number of carbonyl (C=O) groups is 1. The van der Waals surface area contributed by atoms with E-state index in [0.717, 1.165) is 17.0 Å². The molecule has 1 amide bonds. The van der Waals surface area contributed by atoms with Gasteiger partial charge in [0.2, 0.25) is 0 Å². The average molecular weight is 307 g/mol. The second-order valence-corrected chi connectivity index (χ2v) is 5.05. The highest BCUT2D eigenvalue weighted by molar-refractivity contribution is 5.94. The van der Waals surface area contributed by atoms with Gasteiger partial charge in [-0.15, -0.1) is 0 Å². The molecule has 1 aromatic heterocycles. The van der Waals surface area contributed by atoms with Gasteiger partial charge in [0.05, 0.1) is 13.4 Å². The Morgan fingerprint density at radius 1 is 1.22 bits per heavy atom. The maximum atomic E-state index is 12.3. The molecule has 0 aliphatic heterocycles. The van der Waals surface area contributed by atoms with Gasteiger partial charge in [-0.2, -0.15) is 0 Å². The van der Waals surface area contributed by atoms with E-state index in [1.165, 1.54) is 0 Å². The van der Waals surface area contributed by atoms with Crippen molar-refractivity contribution >= 4 is 5.91 Å². The summed E-state index contributed by atoms with van der Waals surface area (Å²) in [5.74, 6) is 0.661. The number of aromatic nitrogens is 2. The lowest BCUT2D eigenvalue weighted by atomic mass is 10.1. The Labute approximate surface area is 134 Å². The van der Waals surface area contributed by atoms with Crippen molar-refractivity contribution in [2.45, 2.75) is 6.54 Å². The fourth-order valence-corrected chi connectivity index (χ4v) is 2.29. The quantitative estimate of drug-likeness (QED) is 0.788. The van der Waals surface area contributed by atoms with Crippen molar-refractivity contribution in [1.29, 1.82) is 0 Å². The first-order valence-corrected chi connectivity index (χ1v) is 7.26. The van der Waals surface area contributed by atoms with Gasteiger partial charge in [-0.25, -0.2) is 4.98 Å². The molecule has 0 aliphatic carbocycles. The minimum atomic E-state index is -0.116. The van der Waals surface area contributed by atoms with Crippen LogP contribution in [0.25, 0.3) is 5.69 Å². The van der Waals surface area contributed by atoms with Gasteiger partial charge in [0.15, 0.2) is 0 Å². The number of ether oxygens (including phenoxy) is 1. The molecule has 1 heterocycles. The molecule has 0 bridgehead atoms. The zero-order chi connectivity index (χ0) is 16.1. The molecule has 0 aliphatic rings. The fourth-order valence-electron chi connectivity index (χ4n) is 2.29. The molecule has 3 aromatic rings. The molecule has 0 atom stereocenters. The minimum Gasteiger partial charge on any atom is -0.497 e. The van der Waals surface area contributed by atoms with Crippen LogP contribution in [0.5, 0.6) is 5.75 Å². The van der Waals surface area contributed by atoms with Gasteiger partial charge in [0, 0.05) is 30.2 Å². The molecule has 23 heavy (non-hydrogen) atoms. The van der Waals surface area contributed by atoms with Crippen LogP contribution < -0.4 is 10.1 Å². The summed E-state index contributed by atoms with van der Waals surface area (Å²) in [4.78, 5) is 16.3. The Morgan fingerprint density at radius 2 is 2.09 bits per heavy atom. The Hall–Kier alpha value is -3.08. The third-order valence-electron chi connectivity index (χ3n) is 3.50. The number of hydrogen-bond acceptors (Lipinski definition) is 3. The third kappa shape index (κ3) is 3.58. The first-order chi connectivity index (χ1) is 11.3. The van der Waals surface area contributed by atoms with Crippen molar-refractivity contribution in [3.05, 3.63) is 78.4 Å². The lowest BCUT2D eigenvalue weighted by Gasteiger charge is -2.08. The number of imidazole rings is 1. The summed E-state index contributed by atoms with van der Waals surface area (Å²) in [6, 6.07) is 15.0. The van der Waals surface area contributed by atoms with Gasteiger partial charge in [-0.1, -0.05) is 18.2 Å². The van der Waals surface area contributed by atoms with E-state index in [4.69, 9.17) is 4.74 Å². The monoisotopic (exact) mass is 307 g/mol. The van der Waals surface area contributed by atoms with Crippen LogP contribution in [-0.4, -0.2) is 22.6 Å². The number of carbonyl (C=O) groups excluding carboxylic acids is 1. The predicted octanol–water partition coefficient (Wildman–Crippen LogP) is 2.81. The molecule has 3 rings (SSSR count). The molecule has 5 heteroatoms. The molecule has 1 N–H and O–H groups in total. The first kappa shape index (κ1) is 14.8. The molecule has 0 spiro atoms. The van der Waals surface area contributed by atoms with E-state index >= 15 is 0 Å². The Morgan fingerprint density at radius 3 is 2.87 bits per heavy atom. The second kappa shape index (κ2) is 6.79. The number of benzene rings is 2. The summed E-state index contributed by atoms with van der Waals surface area (Å²) < 4.78 is 7.04. The molecular weight excluding hydrogens is 290 g/mol. The van der Waals surface area contributed by atoms with Crippen molar-refractivity contribution in [2.75, 3.05) is 7.11 Å². The van der Waals surface area contributed by atoms with E-state index in [0.29, 0.717) is 12.1 Å². The van der Waals surface area contributed by atoms with Gasteiger partial charge in [-0.3, -0.25) is 4.79 Å². The second-order valence-electron chi connectivity index (χ2n) is 5.05. The Bertz CT molecular complexity index is 798. The van der Waals surface area contributed by atoms with E-state index in [-0.39, 0.29) is 5.91 Å². The van der Waals surface area contributed by atoms with Crippen LogP contribution in [0.3, 0.4) is 0 Å². The highest BCUT2D eigenvalue weighted by atomic mass is 16.5. The Kier molecular flexibility index (Phi) is 4.38. The van der Waals surface area contributed by atoms with Crippen LogP contribution in [0.1, 0.15) is 15.9 Å². The van der Waals surface area contributed by atoms with E-state index in [9.17, 15) is 4.79 Å². The SMILES string of the molecule is COc1cccc(CNC(=O)c2cccc(-n3ccnc3)c2)c1. The van der Waals surface area contributed by atoms with Crippen molar-refractivity contribution in [1.82, 2.24) is 14.9 Å². The van der Waals surface area contributed by atoms with Gasteiger partial charge in [0.1, 0.15) is 5.75 Å². The highest BCUT2D eigenvalue weighted by Gasteiger charge is 2.07. The number of nitrogens with zero attached hydrogens (tertiary/aromatic N) is 2. The summed E-state index contributed by atoms with van der Waals surface area (Å²) in [5.41, 5.74) is 2.50. The number of amides is 1. The smallest absolute Gasteiger partial charge is 0.251 e. The number of rotatable bonds is 5. The molecule has 5 nitrogen and oxygen atoms in total. The van der Waals surface area contributed by atoms with E-state index < -0.39 is 0 Å². The van der Waals surface area contributed by atoms with Crippen molar-refractivity contribution in [2.24, 2.45) is 0 Å². The molecule has 2 aromatic carbocycles. The van der Waals surface area contributed by atoms with Crippen LogP contribution in [0.15, 0.2) is 67.3 Å². The van der Waals surface area contributed by atoms with Crippen LogP contribution in [0, 0.1) is 0 Å². The molecule has 0 fully saturated rings. The van der Waals surface area contributed by atoms with Gasteiger partial charge in [0.25, 0.3) is 5.91 Å². The maximum Gasteiger partial charge on any atom is 0.251 e. The zero-order valence-corrected chi connectivity index (χ0v) is 12.8. The lowest BCUT2D eigenvalue weighted by molar-refractivity contribution is 0.0951. The van der Waals surface area contributed by atoms with Gasteiger partial charge in [-0.05, 0) is 35.9 Å². The van der Waals surface area contributed by atoms with Crippen molar-refractivity contribution in [3.8, 4) is 11.4 Å². The molecule has 116 valence electrons. The number of nitrogens with one attached hydrogen (secondary N) is 1. The van der Waals surface area contributed by atoms with Crippen LogP contribution >= 0.6 is 0 Å². The summed E-state index contributed by atoms with van der Waals surface area (Å²) >= 11 is 0. The Balaban J connectivity index is 1.70. The van der Waals surface area contributed by atoms with Crippen molar-refractivity contribution in [3.63, 3.8) is 0 Å². The van der Waals surface area contributed by atoms with Crippen LogP contribution in [0.4, 0.5) is 0 Å². The highest BCUT2D eigenvalue weighted by Crippen LogP contribution is 2.13. The lowest BCUT2D eigenvalue weighted by Crippen LogP contribution is -2.22. The van der Waals surface area contributed by atoms with E-state index in [2.05, 4.69) is 10.3 Å². The molecule has 0 saturated heterocycles. The fraction of sp³-hybridized carbons (Fsp3) is 0.111. The summed E-state index contributed by atoms with van der Waals surface area (Å²) in [6.45, 7) is 0.450.